The second-order valence-electron chi connectivity index (χ2n) is 6.57. The topological polar surface area (TPSA) is 61.0 Å². The first-order valence-electron chi connectivity index (χ1n) is 8.85. The molecule has 0 atom stereocenters. The van der Waals surface area contributed by atoms with Crippen LogP contribution in [-0.2, 0) is 6.54 Å². The number of aromatic amines is 1. The molecule has 1 aromatic heterocycles. The molecule has 6 heteroatoms. The summed E-state index contributed by atoms with van der Waals surface area (Å²) in [6, 6.07) is 14.4. The second kappa shape index (κ2) is 7.41. The van der Waals surface area contributed by atoms with Gasteiger partial charge in [-0.2, -0.15) is 16.9 Å². The highest BCUT2D eigenvalue weighted by atomic mass is 32.2. The molecule has 1 aliphatic heterocycles. The Morgan fingerprint density at radius 2 is 1.96 bits per heavy atom. The molecule has 0 aliphatic carbocycles. The van der Waals surface area contributed by atoms with E-state index in [0.717, 1.165) is 35.1 Å². The first kappa shape index (κ1) is 17.0. The van der Waals surface area contributed by atoms with Crippen molar-refractivity contribution < 1.29 is 4.79 Å². The van der Waals surface area contributed by atoms with E-state index in [4.69, 9.17) is 0 Å². The van der Waals surface area contributed by atoms with E-state index in [2.05, 4.69) is 44.7 Å². The zero-order chi connectivity index (χ0) is 17.9. The number of carbonyl (C=O) groups is 1. The van der Waals surface area contributed by atoms with Crippen molar-refractivity contribution >= 4 is 34.3 Å². The Labute approximate surface area is 157 Å². The highest BCUT2D eigenvalue weighted by Gasteiger charge is 2.14. The van der Waals surface area contributed by atoms with Gasteiger partial charge in [-0.1, -0.05) is 23.8 Å². The number of aromatic nitrogens is 2. The lowest BCUT2D eigenvalue weighted by Gasteiger charge is -2.28. The zero-order valence-corrected chi connectivity index (χ0v) is 15.6. The van der Waals surface area contributed by atoms with Gasteiger partial charge in [-0.25, -0.2) is 0 Å². The molecule has 0 bridgehead atoms. The van der Waals surface area contributed by atoms with Crippen LogP contribution in [0.15, 0.2) is 42.5 Å². The summed E-state index contributed by atoms with van der Waals surface area (Å²) in [5.41, 5.74) is 4.79. The van der Waals surface area contributed by atoms with Gasteiger partial charge in [-0.3, -0.25) is 9.89 Å². The van der Waals surface area contributed by atoms with E-state index in [1.54, 1.807) is 0 Å². The number of nitrogens with one attached hydrogen (secondary N) is 2. The number of fused-ring (bicyclic) bond motifs is 1. The van der Waals surface area contributed by atoms with Crippen molar-refractivity contribution in [2.75, 3.05) is 29.5 Å². The van der Waals surface area contributed by atoms with Gasteiger partial charge in [0, 0.05) is 42.2 Å². The van der Waals surface area contributed by atoms with Gasteiger partial charge in [0.05, 0.1) is 5.52 Å². The predicted octanol–water partition coefficient (Wildman–Crippen LogP) is 3.35. The van der Waals surface area contributed by atoms with E-state index in [-0.39, 0.29) is 5.91 Å². The number of thioether (sulfide) groups is 1. The summed E-state index contributed by atoms with van der Waals surface area (Å²) in [7, 11) is 0. The van der Waals surface area contributed by atoms with Crippen LogP contribution in [0.1, 0.15) is 21.6 Å². The van der Waals surface area contributed by atoms with Crippen LogP contribution < -0.4 is 10.2 Å². The van der Waals surface area contributed by atoms with E-state index in [0.29, 0.717) is 12.2 Å². The third kappa shape index (κ3) is 3.55. The van der Waals surface area contributed by atoms with E-state index >= 15 is 0 Å². The quantitative estimate of drug-likeness (QED) is 0.743. The zero-order valence-electron chi connectivity index (χ0n) is 14.8. The average molecular weight is 366 g/mol. The van der Waals surface area contributed by atoms with Gasteiger partial charge >= 0.3 is 0 Å². The molecule has 2 heterocycles. The molecule has 0 unspecified atom stereocenters. The fourth-order valence-corrected chi connectivity index (χ4v) is 4.12. The third-order valence-corrected chi connectivity index (χ3v) is 5.64. The standard InChI is InChI=1S/C20H22N4OS/c1-14-2-7-18-17(12-14)19(23-22-18)20(25)21-13-15-3-5-16(6-4-15)24-8-10-26-11-9-24/h2-7,12H,8-11,13H2,1H3,(H,21,25)(H,22,23). The molecule has 1 fully saturated rings. The number of nitrogens with zero attached hydrogens (tertiary/aromatic N) is 2. The lowest BCUT2D eigenvalue weighted by Crippen LogP contribution is -2.32. The van der Waals surface area contributed by atoms with Crippen molar-refractivity contribution in [1.82, 2.24) is 15.5 Å². The minimum absolute atomic E-state index is 0.154. The van der Waals surface area contributed by atoms with E-state index in [1.807, 2.05) is 36.9 Å². The molecule has 0 saturated carbocycles. The van der Waals surface area contributed by atoms with Crippen LogP contribution in [0, 0.1) is 6.92 Å². The van der Waals surface area contributed by atoms with Crippen LogP contribution in [0.2, 0.25) is 0 Å². The van der Waals surface area contributed by atoms with Crippen LogP contribution in [0.3, 0.4) is 0 Å². The third-order valence-electron chi connectivity index (χ3n) is 4.70. The minimum atomic E-state index is -0.154. The molecule has 1 saturated heterocycles. The van der Waals surface area contributed by atoms with Crippen LogP contribution in [0.5, 0.6) is 0 Å². The van der Waals surface area contributed by atoms with Gasteiger partial charge in [0.25, 0.3) is 5.91 Å². The Morgan fingerprint density at radius 3 is 2.73 bits per heavy atom. The normalized spacial score (nSPS) is 14.6. The SMILES string of the molecule is Cc1ccc2[nH]nc(C(=O)NCc3ccc(N4CCSCC4)cc3)c2c1. The lowest BCUT2D eigenvalue weighted by molar-refractivity contribution is 0.0947. The maximum atomic E-state index is 12.5. The summed E-state index contributed by atoms with van der Waals surface area (Å²) in [5.74, 6) is 2.23. The number of carbonyl (C=O) groups excluding carboxylic acids is 1. The molecule has 4 rings (SSSR count). The second-order valence-corrected chi connectivity index (χ2v) is 7.79. The number of H-pyrrole nitrogens is 1. The van der Waals surface area contributed by atoms with Gasteiger partial charge in [-0.15, -0.1) is 0 Å². The monoisotopic (exact) mass is 366 g/mol. The Hall–Kier alpha value is -2.47. The molecular weight excluding hydrogens is 344 g/mol. The predicted molar refractivity (Wildman–Crippen MR) is 108 cm³/mol. The average Bonchev–Trinajstić information content (AvgIpc) is 3.10. The van der Waals surface area contributed by atoms with Crippen LogP contribution in [0.25, 0.3) is 10.9 Å². The fraction of sp³-hybridized carbons (Fsp3) is 0.300. The summed E-state index contributed by atoms with van der Waals surface area (Å²) in [6.45, 7) is 4.71. The summed E-state index contributed by atoms with van der Waals surface area (Å²) < 4.78 is 0. The molecule has 2 N–H and O–H groups in total. The fourth-order valence-electron chi connectivity index (χ4n) is 3.21. The Bertz CT molecular complexity index is 913. The van der Waals surface area contributed by atoms with Gasteiger partial charge in [0.15, 0.2) is 5.69 Å². The molecular formula is C20H22N4OS. The number of benzene rings is 2. The Kier molecular flexibility index (Phi) is 4.84. The Balaban J connectivity index is 1.41. The van der Waals surface area contributed by atoms with E-state index in [9.17, 15) is 4.79 Å². The van der Waals surface area contributed by atoms with E-state index in [1.165, 1.54) is 17.2 Å². The number of rotatable bonds is 4. The summed E-state index contributed by atoms with van der Waals surface area (Å²) in [6.07, 6.45) is 0. The number of hydrogen-bond acceptors (Lipinski definition) is 4. The number of amides is 1. The van der Waals surface area contributed by atoms with Crippen LogP contribution in [0.4, 0.5) is 5.69 Å². The maximum absolute atomic E-state index is 12.5. The molecule has 26 heavy (non-hydrogen) atoms. The smallest absolute Gasteiger partial charge is 0.272 e. The van der Waals surface area contributed by atoms with E-state index < -0.39 is 0 Å². The summed E-state index contributed by atoms with van der Waals surface area (Å²) in [4.78, 5) is 14.9. The molecule has 0 radical (unpaired) electrons. The molecule has 3 aromatic rings. The van der Waals surface area contributed by atoms with Crippen molar-refractivity contribution in [3.8, 4) is 0 Å². The summed E-state index contributed by atoms with van der Waals surface area (Å²) >= 11 is 2.01. The van der Waals surface area contributed by atoms with Crippen molar-refractivity contribution in [3.63, 3.8) is 0 Å². The van der Waals surface area contributed by atoms with Crippen LogP contribution in [-0.4, -0.2) is 40.7 Å². The molecule has 2 aromatic carbocycles. The van der Waals surface area contributed by atoms with Crippen molar-refractivity contribution in [1.29, 1.82) is 0 Å². The van der Waals surface area contributed by atoms with Gasteiger partial charge < -0.3 is 10.2 Å². The largest absolute Gasteiger partial charge is 0.370 e. The maximum Gasteiger partial charge on any atom is 0.272 e. The van der Waals surface area contributed by atoms with Gasteiger partial charge in [0.2, 0.25) is 0 Å². The van der Waals surface area contributed by atoms with Crippen LogP contribution >= 0.6 is 11.8 Å². The Morgan fingerprint density at radius 1 is 1.19 bits per heavy atom. The molecule has 134 valence electrons. The van der Waals surface area contributed by atoms with Crippen molar-refractivity contribution in [2.45, 2.75) is 13.5 Å². The molecule has 5 nitrogen and oxygen atoms in total. The first-order valence-corrected chi connectivity index (χ1v) is 10.0. The van der Waals surface area contributed by atoms with Crippen molar-refractivity contribution in [3.05, 3.63) is 59.3 Å². The molecule has 1 aliphatic rings. The van der Waals surface area contributed by atoms with Gasteiger partial charge in [-0.05, 0) is 36.8 Å². The molecule has 1 amide bonds. The number of aryl methyl sites for hydroxylation is 1. The first-order chi connectivity index (χ1) is 12.7. The lowest BCUT2D eigenvalue weighted by atomic mass is 10.1. The molecule has 0 spiro atoms. The summed E-state index contributed by atoms with van der Waals surface area (Å²) in [5, 5.41) is 10.9. The van der Waals surface area contributed by atoms with Crippen molar-refractivity contribution in [2.24, 2.45) is 0 Å². The number of anilines is 1. The highest BCUT2D eigenvalue weighted by Crippen LogP contribution is 2.20. The minimum Gasteiger partial charge on any atom is -0.370 e. The number of hydrogen-bond donors (Lipinski definition) is 2. The van der Waals surface area contributed by atoms with Gasteiger partial charge in [0.1, 0.15) is 0 Å². The highest BCUT2D eigenvalue weighted by molar-refractivity contribution is 7.99.